The highest BCUT2D eigenvalue weighted by Gasteiger charge is 2.12. The molecule has 0 bridgehead atoms. The maximum absolute atomic E-state index is 10.9. The maximum Gasteiger partial charge on any atom is 0.336 e. The van der Waals surface area contributed by atoms with Gasteiger partial charge in [-0.1, -0.05) is 12.1 Å². The van der Waals surface area contributed by atoms with Crippen LogP contribution in [0.15, 0.2) is 29.2 Å². The van der Waals surface area contributed by atoms with E-state index >= 15 is 0 Å². The average Bonchev–Trinajstić information content (AvgIpc) is 2.25. The van der Waals surface area contributed by atoms with Crippen LogP contribution in [0.1, 0.15) is 16.8 Å². The van der Waals surface area contributed by atoms with Crippen molar-refractivity contribution in [2.45, 2.75) is 17.4 Å². The summed E-state index contributed by atoms with van der Waals surface area (Å²) in [7, 11) is 0. The number of rotatable bonds is 6. The van der Waals surface area contributed by atoms with E-state index in [0.717, 1.165) is 0 Å². The number of halogens is 1. The first-order chi connectivity index (χ1) is 8.00. The number of hydrogen-bond donors (Lipinski definition) is 3. The summed E-state index contributed by atoms with van der Waals surface area (Å²) >= 11 is 1.26. The smallest absolute Gasteiger partial charge is 0.336 e. The van der Waals surface area contributed by atoms with Crippen molar-refractivity contribution in [1.29, 1.82) is 0 Å². The Morgan fingerprint density at radius 2 is 1.89 bits per heavy atom. The Morgan fingerprint density at radius 3 is 2.44 bits per heavy atom. The molecule has 5 nitrogen and oxygen atoms in total. The summed E-state index contributed by atoms with van der Waals surface area (Å²) in [5.74, 6) is -1.58. The van der Waals surface area contributed by atoms with Gasteiger partial charge < -0.3 is 15.9 Å². The van der Waals surface area contributed by atoms with Crippen molar-refractivity contribution in [2.24, 2.45) is 5.73 Å². The highest BCUT2D eigenvalue weighted by Crippen LogP contribution is 2.23. The van der Waals surface area contributed by atoms with Gasteiger partial charge in [-0.05, 0) is 12.1 Å². The van der Waals surface area contributed by atoms with Crippen molar-refractivity contribution in [2.75, 3.05) is 5.75 Å². The van der Waals surface area contributed by atoms with Crippen molar-refractivity contribution >= 4 is 36.1 Å². The van der Waals surface area contributed by atoms with E-state index in [2.05, 4.69) is 0 Å². The van der Waals surface area contributed by atoms with Crippen LogP contribution in [-0.2, 0) is 4.79 Å². The van der Waals surface area contributed by atoms with Crippen LogP contribution in [-0.4, -0.2) is 33.9 Å². The molecule has 0 radical (unpaired) electrons. The predicted molar refractivity (Wildman–Crippen MR) is 71.6 cm³/mol. The van der Waals surface area contributed by atoms with Crippen LogP contribution in [0.2, 0.25) is 0 Å². The highest BCUT2D eigenvalue weighted by molar-refractivity contribution is 7.99. The van der Waals surface area contributed by atoms with E-state index in [-0.39, 0.29) is 24.4 Å². The van der Waals surface area contributed by atoms with E-state index < -0.39 is 18.0 Å². The number of aromatic carboxylic acids is 1. The average molecular weight is 292 g/mol. The Labute approximate surface area is 115 Å². The molecule has 0 aromatic heterocycles. The number of aliphatic carboxylic acids is 1. The van der Waals surface area contributed by atoms with Gasteiger partial charge in [0.1, 0.15) is 0 Å². The van der Waals surface area contributed by atoms with Crippen LogP contribution in [0.4, 0.5) is 0 Å². The Morgan fingerprint density at radius 1 is 1.28 bits per heavy atom. The van der Waals surface area contributed by atoms with Gasteiger partial charge in [0.15, 0.2) is 0 Å². The summed E-state index contributed by atoms with van der Waals surface area (Å²) < 4.78 is 0. The molecular formula is C11H14ClNO4S. The summed E-state index contributed by atoms with van der Waals surface area (Å²) in [6.45, 7) is 0. The fourth-order valence-corrected chi connectivity index (χ4v) is 2.25. The van der Waals surface area contributed by atoms with Gasteiger partial charge in [-0.3, -0.25) is 4.79 Å². The third-order valence-corrected chi connectivity index (χ3v) is 3.27. The van der Waals surface area contributed by atoms with E-state index in [1.54, 1.807) is 18.2 Å². The second-order valence-corrected chi connectivity index (χ2v) is 4.53. The molecule has 0 aliphatic rings. The monoisotopic (exact) mass is 291 g/mol. The fraction of sp³-hybridized carbons (Fsp3) is 0.273. The van der Waals surface area contributed by atoms with Crippen LogP contribution in [0.5, 0.6) is 0 Å². The summed E-state index contributed by atoms with van der Waals surface area (Å²) in [6, 6.07) is 6.08. The summed E-state index contributed by atoms with van der Waals surface area (Å²) in [5.41, 5.74) is 5.81. The molecule has 1 rings (SSSR count). The molecule has 1 unspecified atom stereocenters. The lowest BCUT2D eigenvalue weighted by molar-refractivity contribution is -0.137. The van der Waals surface area contributed by atoms with Gasteiger partial charge in [0.2, 0.25) is 0 Å². The topological polar surface area (TPSA) is 101 Å². The van der Waals surface area contributed by atoms with Gasteiger partial charge in [-0.15, -0.1) is 24.2 Å². The normalized spacial score (nSPS) is 11.4. The maximum atomic E-state index is 10.9. The van der Waals surface area contributed by atoms with Crippen LogP contribution in [0.25, 0.3) is 0 Å². The molecule has 7 heteroatoms. The Balaban J connectivity index is 0.00000289. The molecule has 0 heterocycles. The Kier molecular flexibility index (Phi) is 7.42. The van der Waals surface area contributed by atoms with Crippen molar-refractivity contribution < 1.29 is 19.8 Å². The molecule has 4 N–H and O–H groups in total. The molecule has 0 saturated heterocycles. The van der Waals surface area contributed by atoms with Crippen molar-refractivity contribution in [1.82, 2.24) is 0 Å². The van der Waals surface area contributed by atoms with E-state index in [0.29, 0.717) is 10.6 Å². The quantitative estimate of drug-likeness (QED) is 0.690. The molecule has 0 amide bonds. The van der Waals surface area contributed by atoms with Gasteiger partial charge >= 0.3 is 11.9 Å². The van der Waals surface area contributed by atoms with Crippen molar-refractivity contribution in [3.63, 3.8) is 0 Å². The lowest BCUT2D eigenvalue weighted by Crippen LogP contribution is -2.26. The minimum atomic E-state index is -1.00. The number of carbonyl (C=O) groups is 2. The zero-order valence-corrected chi connectivity index (χ0v) is 11.0. The Hall–Kier alpha value is -1.24. The number of thioether (sulfide) groups is 1. The fourth-order valence-electron chi connectivity index (χ4n) is 1.25. The largest absolute Gasteiger partial charge is 0.481 e. The minimum Gasteiger partial charge on any atom is -0.481 e. The summed E-state index contributed by atoms with van der Waals surface area (Å²) in [5, 5.41) is 17.5. The van der Waals surface area contributed by atoms with Gasteiger partial charge in [0.25, 0.3) is 0 Å². The highest BCUT2D eigenvalue weighted by atomic mass is 35.5. The third kappa shape index (κ3) is 5.39. The van der Waals surface area contributed by atoms with E-state index in [1.807, 2.05) is 0 Å². The predicted octanol–water partition coefficient (Wildman–Crippen LogP) is 1.70. The van der Waals surface area contributed by atoms with Gasteiger partial charge in [-0.25, -0.2) is 4.79 Å². The standard InChI is InChI=1S/C11H13NO4S.ClH/c12-7(5-10(13)14)6-17-9-4-2-1-3-8(9)11(15)16;/h1-4,7H,5-6,12H2,(H,13,14)(H,15,16);1H. The van der Waals surface area contributed by atoms with Crippen LogP contribution >= 0.6 is 24.2 Å². The number of carboxylic acid groups (broad SMARTS) is 2. The Bertz CT molecular complexity index is 427. The lowest BCUT2D eigenvalue weighted by atomic mass is 10.2. The van der Waals surface area contributed by atoms with E-state index in [1.165, 1.54) is 17.8 Å². The number of nitrogens with two attached hydrogens (primary N) is 1. The van der Waals surface area contributed by atoms with E-state index in [4.69, 9.17) is 15.9 Å². The summed E-state index contributed by atoms with van der Waals surface area (Å²) in [4.78, 5) is 21.9. The zero-order valence-electron chi connectivity index (χ0n) is 9.41. The SMILES string of the molecule is Cl.NC(CSc1ccccc1C(=O)O)CC(=O)O. The molecular weight excluding hydrogens is 278 g/mol. The second-order valence-electron chi connectivity index (χ2n) is 3.47. The zero-order chi connectivity index (χ0) is 12.8. The van der Waals surface area contributed by atoms with Gasteiger partial charge in [0.05, 0.1) is 12.0 Å². The molecule has 0 fully saturated rings. The first-order valence-corrected chi connectivity index (χ1v) is 5.91. The van der Waals surface area contributed by atoms with Crippen LogP contribution in [0, 0.1) is 0 Å². The lowest BCUT2D eigenvalue weighted by Gasteiger charge is -2.09. The van der Waals surface area contributed by atoms with Gasteiger partial charge in [-0.2, -0.15) is 0 Å². The first-order valence-electron chi connectivity index (χ1n) is 4.93. The number of benzene rings is 1. The molecule has 0 aliphatic carbocycles. The summed E-state index contributed by atoms with van der Waals surface area (Å²) in [6.07, 6.45) is -0.123. The third-order valence-electron chi connectivity index (χ3n) is 2.01. The molecule has 0 spiro atoms. The van der Waals surface area contributed by atoms with Gasteiger partial charge in [0, 0.05) is 16.7 Å². The molecule has 0 saturated carbocycles. The molecule has 1 aromatic carbocycles. The molecule has 1 atom stereocenters. The molecule has 0 aliphatic heterocycles. The second kappa shape index (κ2) is 7.97. The molecule has 18 heavy (non-hydrogen) atoms. The number of carboxylic acids is 2. The minimum absolute atomic E-state index is 0. The molecule has 1 aromatic rings. The van der Waals surface area contributed by atoms with Crippen molar-refractivity contribution in [3.8, 4) is 0 Å². The van der Waals surface area contributed by atoms with Crippen LogP contribution in [0.3, 0.4) is 0 Å². The van der Waals surface area contributed by atoms with E-state index in [9.17, 15) is 9.59 Å². The van der Waals surface area contributed by atoms with Crippen molar-refractivity contribution in [3.05, 3.63) is 29.8 Å². The first kappa shape index (κ1) is 16.8. The van der Waals surface area contributed by atoms with Crippen LogP contribution < -0.4 is 5.73 Å². The molecule has 100 valence electrons. The number of hydrogen-bond acceptors (Lipinski definition) is 4.